The Labute approximate surface area is 161 Å². The number of hydrogen-bond acceptors (Lipinski definition) is 4. The van der Waals surface area contributed by atoms with Crippen molar-refractivity contribution in [2.24, 2.45) is 4.99 Å². The second kappa shape index (κ2) is 11.1. The summed E-state index contributed by atoms with van der Waals surface area (Å²) in [6.45, 7) is 4.72. The summed E-state index contributed by atoms with van der Waals surface area (Å²) in [6.07, 6.45) is 0. The summed E-state index contributed by atoms with van der Waals surface area (Å²) in [5.41, 5.74) is 3.40. The van der Waals surface area contributed by atoms with Gasteiger partial charge < -0.3 is 24.8 Å². The number of benzene rings is 2. The van der Waals surface area contributed by atoms with Gasteiger partial charge in [-0.05, 0) is 35.7 Å². The number of hydrogen-bond donors (Lipinski definition) is 2. The number of methoxy groups -OCH3 is 3. The van der Waals surface area contributed by atoms with Gasteiger partial charge in [-0.15, -0.1) is 0 Å². The van der Waals surface area contributed by atoms with E-state index in [2.05, 4.69) is 39.9 Å². The molecule has 2 aromatic carbocycles. The summed E-state index contributed by atoms with van der Waals surface area (Å²) in [5.74, 6) is 2.19. The summed E-state index contributed by atoms with van der Waals surface area (Å²) in [6, 6.07) is 14.2. The Morgan fingerprint density at radius 1 is 0.852 bits per heavy atom. The zero-order valence-electron chi connectivity index (χ0n) is 16.5. The molecule has 0 fully saturated rings. The molecule has 27 heavy (non-hydrogen) atoms. The molecule has 6 heteroatoms. The SMILES string of the molecule is CCNC(=NCc1ccc(OC)c(OC)c1)NCc1ccc(COC)cc1. The van der Waals surface area contributed by atoms with Crippen LogP contribution >= 0.6 is 0 Å². The van der Waals surface area contributed by atoms with Crippen molar-refractivity contribution >= 4 is 5.96 Å². The number of rotatable bonds is 9. The highest BCUT2D eigenvalue weighted by molar-refractivity contribution is 5.79. The normalized spacial score (nSPS) is 11.2. The molecule has 146 valence electrons. The molecule has 0 bridgehead atoms. The lowest BCUT2D eigenvalue weighted by Gasteiger charge is -2.12. The fourth-order valence-electron chi connectivity index (χ4n) is 2.60. The van der Waals surface area contributed by atoms with Crippen molar-refractivity contribution in [2.45, 2.75) is 26.6 Å². The number of nitrogens with zero attached hydrogens (tertiary/aromatic N) is 1. The van der Waals surface area contributed by atoms with Crippen molar-refractivity contribution in [3.8, 4) is 11.5 Å². The first-order valence-corrected chi connectivity index (χ1v) is 9.00. The molecule has 0 aliphatic carbocycles. The minimum Gasteiger partial charge on any atom is -0.493 e. The van der Waals surface area contributed by atoms with E-state index in [4.69, 9.17) is 14.2 Å². The lowest BCUT2D eigenvalue weighted by Crippen LogP contribution is -2.36. The molecule has 0 saturated heterocycles. The zero-order valence-corrected chi connectivity index (χ0v) is 16.5. The average molecular weight is 371 g/mol. The quantitative estimate of drug-likeness (QED) is 0.524. The standard InChI is InChI=1S/C21H29N3O3/c1-5-22-21(23-13-16-6-8-17(9-7-16)15-25-2)24-14-18-10-11-19(26-3)20(12-18)27-4/h6-12H,5,13-15H2,1-4H3,(H2,22,23,24). The van der Waals surface area contributed by atoms with Crippen LogP contribution in [0.3, 0.4) is 0 Å². The van der Waals surface area contributed by atoms with E-state index in [-0.39, 0.29) is 0 Å². The van der Waals surface area contributed by atoms with Crippen LogP contribution in [0.2, 0.25) is 0 Å². The molecule has 0 radical (unpaired) electrons. The van der Waals surface area contributed by atoms with Crippen LogP contribution in [-0.2, 0) is 24.4 Å². The Balaban J connectivity index is 1.99. The second-order valence-electron chi connectivity index (χ2n) is 5.99. The Hall–Kier alpha value is -2.73. The lowest BCUT2D eigenvalue weighted by molar-refractivity contribution is 0.185. The van der Waals surface area contributed by atoms with E-state index in [0.29, 0.717) is 31.2 Å². The third-order valence-electron chi connectivity index (χ3n) is 4.01. The monoisotopic (exact) mass is 371 g/mol. The summed E-state index contributed by atoms with van der Waals surface area (Å²) in [7, 11) is 4.96. The second-order valence-corrected chi connectivity index (χ2v) is 5.99. The topological polar surface area (TPSA) is 64.1 Å². The molecular formula is C21H29N3O3. The molecule has 2 N–H and O–H groups in total. The van der Waals surface area contributed by atoms with Gasteiger partial charge in [-0.25, -0.2) is 4.99 Å². The molecular weight excluding hydrogens is 342 g/mol. The Morgan fingerprint density at radius 3 is 2.15 bits per heavy atom. The van der Waals surface area contributed by atoms with Gasteiger partial charge in [-0.3, -0.25) is 0 Å². The van der Waals surface area contributed by atoms with E-state index in [1.807, 2.05) is 25.1 Å². The Morgan fingerprint density at radius 2 is 1.52 bits per heavy atom. The highest BCUT2D eigenvalue weighted by Gasteiger charge is 2.05. The van der Waals surface area contributed by atoms with Crippen molar-refractivity contribution in [3.63, 3.8) is 0 Å². The van der Waals surface area contributed by atoms with Crippen molar-refractivity contribution in [1.82, 2.24) is 10.6 Å². The van der Waals surface area contributed by atoms with Crippen LogP contribution in [0.1, 0.15) is 23.6 Å². The maximum Gasteiger partial charge on any atom is 0.191 e. The van der Waals surface area contributed by atoms with Gasteiger partial charge in [0.25, 0.3) is 0 Å². The first-order chi connectivity index (χ1) is 13.2. The van der Waals surface area contributed by atoms with Crippen molar-refractivity contribution < 1.29 is 14.2 Å². The van der Waals surface area contributed by atoms with Gasteiger partial charge >= 0.3 is 0 Å². The van der Waals surface area contributed by atoms with E-state index in [9.17, 15) is 0 Å². The van der Waals surface area contributed by atoms with Crippen LogP contribution in [0.5, 0.6) is 11.5 Å². The summed E-state index contributed by atoms with van der Waals surface area (Å²) >= 11 is 0. The Bertz CT molecular complexity index is 730. The number of nitrogens with one attached hydrogen (secondary N) is 2. The van der Waals surface area contributed by atoms with E-state index >= 15 is 0 Å². The maximum absolute atomic E-state index is 5.35. The van der Waals surface area contributed by atoms with Gasteiger partial charge in [-0.1, -0.05) is 30.3 Å². The Kier molecular flexibility index (Phi) is 8.45. The zero-order chi connectivity index (χ0) is 19.5. The van der Waals surface area contributed by atoms with Gasteiger partial charge in [0.15, 0.2) is 17.5 Å². The first-order valence-electron chi connectivity index (χ1n) is 9.00. The van der Waals surface area contributed by atoms with E-state index in [1.54, 1.807) is 21.3 Å². The molecule has 0 unspecified atom stereocenters. The minimum absolute atomic E-state index is 0.544. The third kappa shape index (κ3) is 6.49. The molecule has 0 aromatic heterocycles. The summed E-state index contributed by atoms with van der Waals surface area (Å²) < 4.78 is 15.8. The number of ether oxygens (including phenoxy) is 3. The van der Waals surface area contributed by atoms with Crippen molar-refractivity contribution in [3.05, 3.63) is 59.2 Å². The predicted octanol–water partition coefficient (Wildman–Crippen LogP) is 3.11. The smallest absolute Gasteiger partial charge is 0.191 e. The number of guanidine groups is 1. The van der Waals surface area contributed by atoms with Crippen LogP contribution in [0.15, 0.2) is 47.5 Å². The molecule has 0 spiro atoms. The minimum atomic E-state index is 0.544. The highest BCUT2D eigenvalue weighted by atomic mass is 16.5. The molecule has 6 nitrogen and oxygen atoms in total. The van der Waals surface area contributed by atoms with Crippen LogP contribution in [-0.4, -0.2) is 33.8 Å². The molecule has 0 aliphatic heterocycles. The molecule has 0 amide bonds. The first kappa shape index (κ1) is 20.6. The van der Waals surface area contributed by atoms with E-state index in [0.717, 1.165) is 23.6 Å². The molecule has 0 atom stereocenters. The van der Waals surface area contributed by atoms with Gasteiger partial charge in [0.1, 0.15) is 0 Å². The molecule has 0 heterocycles. The maximum atomic E-state index is 5.35. The molecule has 0 saturated carbocycles. The largest absolute Gasteiger partial charge is 0.493 e. The average Bonchev–Trinajstić information content (AvgIpc) is 2.71. The van der Waals surface area contributed by atoms with Crippen molar-refractivity contribution in [1.29, 1.82) is 0 Å². The molecule has 2 aromatic rings. The molecule has 0 aliphatic rings. The van der Waals surface area contributed by atoms with Gasteiger partial charge in [0.05, 0.1) is 27.4 Å². The lowest BCUT2D eigenvalue weighted by atomic mass is 10.1. The van der Waals surface area contributed by atoms with Gasteiger partial charge in [0, 0.05) is 20.2 Å². The fraction of sp³-hybridized carbons (Fsp3) is 0.381. The predicted molar refractivity (Wildman–Crippen MR) is 108 cm³/mol. The highest BCUT2D eigenvalue weighted by Crippen LogP contribution is 2.27. The van der Waals surface area contributed by atoms with Crippen LogP contribution < -0.4 is 20.1 Å². The van der Waals surface area contributed by atoms with Gasteiger partial charge in [0.2, 0.25) is 0 Å². The van der Waals surface area contributed by atoms with Gasteiger partial charge in [-0.2, -0.15) is 0 Å². The number of aliphatic imine (C=N–C) groups is 1. The van der Waals surface area contributed by atoms with Crippen LogP contribution in [0.4, 0.5) is 0 Å². The van der Waals surface area contributed by atoms with Crippen LogP contribution in [0, 0.1) is 0 Å². The summed E-state index contributed by atoms with van der Waals surface area (Å²) in [5, 5.41) is 6.63. The fourth-order valence-corrected chi connectivity index (χ4v) is 2.60. The van der Waals surface area contributed by atoms with Crippen molar-refractivity contribution in [2.75, 3.05) is 27.9 Å². The van der Waals surface area contributed by atoms with E-state index < -0.39 is 0 Å². The van der Waals surface area contributed by atoms with Crippen LogP contribution in [0.25, 0.3) is 0 Å². The molecule has 2 rings (SSSR count). The van der Waals surface area contributed by atoms with E-state index in [1.165, 1.54) is 5.56 Å². The third-order valence-corrected chi connectivity index (χ3v) is 4.01. The summed E-state index contributed by atoms with van der Waals surface area (Å²) in [4.78, 5) is 4.65.